The maximum absolute atomic E-state index is 12.3. The zero-order valence-electron chi connectivity index (χ0n) is 13.8. The summed E-state index contributed by atoms with van der Waals surface area (Å²) < 4.78 is 0.837. The Labute approximate surface area is 155 Å². The normalized spacial score (nSPS) is 14.3. The van der Waals surface area contributed by atoms with E-state index >= 15 is 0 Å². The zero-order valence-corrected chi connectivity index (χ0v) is 15.4. The molecule has 0 unspecified atom stereocenters. The highest BCUT2D eigenvalue weighted by Crippen LogP contribution is 2.15. The number of rotatable bonds is 4. The van der Waals surface area contributed by atoms with Crippen LogP contribution in [0.2, 0.25) is 0 Å². The van der Waals surface area contributed by atoms with Crippen LogP contribution in [0.25, 0.3) is 0 Å². The molecule has 3 rings (SSSR count). The van der Waals surface area contributed by atoms with E-state index in [0.29, 0.717) is 18.7 Å². The molecule has 1 aliphatic heterocycles. The fourth-order valence-electron chi connectivity index (χ4n) is 2.85. The van der Waals surface area contributed by atoms with Crippen LogP contribution in [0.1, 0.15) is 10.4 Å². The third-order valence-electron chi connectivity index (χ3n) is 4.24. The number of hydrogen-bond acceptors (Lipinski definition) is 3. The third kappa shape index (κ3) is 4.60. The van der Waals surface area contributed by atoms with Gasteiger partial charge in [-0.25, -0.2) is 0 Å². The molecule has 2 aromatic carbocycles. The lowest BCUT2D eigenvalue weighted by Gasteiger charge is -2.36. The van der Waals surface area contributed by atoms with Crippen molar-refractivity contribution in [1.29, 1.82) is 0 Å². The predicted octanol–water partition coefficient (Wildman–Crippen LogP) is 2.53. The molecule has 1 fully saturated rings. The standard InChI is InChI=1S/C19H20BrN3O2/c20-16-6-4-5-15(13-16)19(25)21-14-18(24)23-11-9-22(10-12-23)17-7-2-1-3-8-17/h1-8,13H,9-12,14H2,(H,21,25). The van der Waals surface area contributed by atoms with Gasteiger partial charge in [-0.15, -0.1) is 0 Å². The van der Waals surface area contributed by atoms with Crippen molar-refractivity contribution in [3.05, 3.63) is 64.6 Å². The number of piperazine rings is 1. The van der Waals surface area contributed by atoms with Crippen molar-refractivity contribution in [2.45, 2.75) is 0 Å². The largest absolute Gasteiger partial charge is 0.368 e. The van der Waals surface area contributed by atoms with Crippen LogP contribution in [0, 0.1) is 0 Å². The molecule has 0 bridgehead atoms. The molecule has 1 aliphatic rings. The summed E-state index contributed by atoms with van der Waals surface area (Å²) in [4.78, 5) is 28.5. The first-order valence-corrected chi connectivity index (χ1v) is 9.04. The summed E-state index contributed by atoms with van der Waals surface area (Å²) in [5, 5.41) is 2.70. The summed E-state index contributed by atoms with van der Waals surface area (Å²) in [5.74, 6) is -0.284. The summed E-state index contributed by atoms with van der Waals surface area (Å²) >= 11 is 3.34. The number of carbonyl (C=O) groups is 2. The molecular formula is C19H20BrN3O2. The summed E-state index contributed by atoms with van der Waals surface area (Å²) in [7, 11) is 0. The number of benzene rings is 2. The van der Waals surface area contributed by atoms with Crippen LogP contribution in [0.5, 0.6) is 0 Å². The van der Waals surface area contributed by atoms with Gasteiger partial charge in [-0.1, -0.05) is 40.2 Å². The molecule has 2 aromatic rings. The Balaban J connectivity index is 1.47. The van der Waals surface area contributed by atoms with Crippen LogP contribution in [0.4, 0.5) is 5.69 Å². The Bertz CT molecular complexity index is 743. The van der Waals surface area contributed by atoms with E-state index in [1.165, 1.54) is 5.69 Å². The van der Waals surface area contributed by atoms with E-state index in [4.69, 9.17) is 0 Å². The SMILES string of the molecule is O=C(NCC(=O)N1CCN(c2ccccc2)CC1)c1cccc(Br)c1. The van der Waals surface area contributed by atoms with Crippen LogP contribution >= 0.6 is 15.9 Å². The molecule has 0 radical (unpaired) electrons. The summed E-state index contributed by atoms with van der Waals surface area (Å²) in [5.41, 5.74) is 1.72. The molecule has 1 N–H and O–H groups in total. The summed E-state index contributed by atoms with van der Waals surface area (Å²) in [6, 6.07) is 17.3. The molecule has 1 saturated heterocycles. The van der Waals surface area contributed by atoms with Gasteiger partial charge >= 0.3 is 0 Å². The topological polar surface area (TPSA) is 52.7 Å². The molecule has 5 nitrogen and oxygen atoms in total. The summed E-state index contributed by atoms with van der Waals surface area (Å²) in [6.07, 6.45) is 0. The van der Waals surface area contributed by atoms with Gasteiger partial charge in [-0.3, -0.25) is 9.59 Å². The monoisotopic (exact) mass is 401 g/mol. The highest BCUT2D eigenvalue weighted by atomic mass is 79.9. The molecule has 0 aliphatic carbocycles. The van der Waals surface area contributed by atoms with Gasteiger partial charge in [0.1, 0.15) is 0 Å². The number of amides is 2. The quantitative estimate of drug-likeness (QED) is 0.856. The van der Waals surface area contributed by atoms with Gasteiger partial charge in [0.25, 0.3) is 5.91 Å². The average molecular weight is 402 g/mol. The van der Waals surface area contributed by atoms with E-state index in [9.17, 15) is 9.59 Å². The van der Waals surface area contributed by atoms with Crippen molar-refractivity contribution >= 4 is 33.4 Å². The Morgan fingerprint density at radius 2 is 1.68 bits per heavy atom. The van der Waals surface area contributed by atoms with Crippen LogP contribution in [-0.4, -0.2) is 49.4 Å². The average Bonchev–Trinajstić information content (AvgIpc) is 2.66. The number of hydrogen-bond donors (Lipinski definition) is 1. The van der Waals surface area contributed by atoms with E-state index in [2.05, 4.69) is 38.3 Å². The van der Waals surface area contributed by atoms with Crippen LogP contribution in [-0.2, 0) is 4.79 Å². The number of anilines is 1. The Morgan fingerprint density at radius 1 is 0.960 bits per heavy atom. The van der Waals surface area contributed by atoms with Crippen molar-refractivity contribution in [2.24, 2.45) is 0 Å². The van der Waals surface area contributed by atoms with E-state index in [0.717, 1.165) is 17.6 Å². The fraction of sp³-hybridized carbons (Fsp3) is 0.263. The van der Waals surface area contributed by atoms with Crippen LogP contribution in [0.3, 0.4) is 0 Å². The van der Waals surface area contributed by atoms with Crippen molar-refractivity contribution in [1.82, 2.24) is 10.2 Å². The molecule has 25 heavy (non-hydrogen) atoms. The molecule has 0 atom stereocenters. The Kier molecular flexibility index (Phi) is 5.71. The smallest absolute Gasteiger partial charge is 0.251 e. The Hall–Kier alpha value is -2.34. The molecule has 0 aromatic heterocycles. The van der Waals surface area contributed by atoms with Gasteiger partial charge in [0.15, 0.2) is 0 Å². The van der Waals surface area contributed by atoms with Gasteiger partial charge in [0.05, 0.1) is 6.54 Å². The van der Waals surface area contributed by atoms with Gasteiger partial charge in [-0.05, 0) is 30.3 Å². The highest BCUT2D eigenvalue weighted by molar-refractivity contribution is 9.10. The van der Waals surface area contributed by atoms with Crippen molar-refractivity contribution in [2.75, 3.05) is 37.6 Å². The van der Waals surface area contributed by atoms with Crippen molar-refractivity contribution < 1.29 is 9.59 Å². The highest BCUT2D eigenvalue weighted by Gasteiger charge is 2.21. The molecular weight excluding hydrogens is 382 g/mol. The van der Waals surface area contributed by atoms with E-state index in [1.807, 2.05) is 24.3 Å². The van der Waals surface area contributed by atoms with E-state index < -0.39 is 0 Å². The Morgan fingerprint density at radius 3 is 2.36 bits per heavy atom. The van der Waals surface area contributed by atoms with E-state index in [-0.39, 0.29) is 18.4 Å². The lowest BCUT2D eigenvalue weighted by Crippen LogP contribution is -2.51. The first-order valence-electron chi connectivity index (χ1n) is 8.25. The lowest BCUT2D eigenvalue weighted by atomic mass is 10.2. The fourth-order valence-corrected chi connectivity index (χ4v) is 3.25. The minimum atomic E-state index is -0.238. The molecule has 6 heteroatoms. The van der Waals surface area contributed by atoms with Gasteiger partial charge in [0.2, 0.25) is 5.91 Å². The maximum atomic E-state index is 12.3. The predicted molar refractivity (Wildman–Crippen MR) is 102 cm³/mol. The first-order chi connectivity index (χ1) is 12.1. The van der Waals surface area contributed by atoms with Crippen LogP contribution < -0.4 is 10.2 Å². The third-order valence-corrected chi connectivity index (χ3v) is 4.73. The number of carbonyl (C=O) groups excluding carboxylic acids is 2. The molecule has 2 amide bonds. The minimum absolute atomic E-state index is 0.0245. The first kappa shape index (κ1) is 17.5. The second-order valence-electron chi connectivity index (χ2n) is 5.90. The molecule has 130 valence electrons. The zero-order chi connectivity index (χ0) is 17.6. The molecule has 0 spiro atoms. The van der Waals surface area contributed by atoms with E-state index in [1.54, 1.807) is 23.1 Å². The molecule has 1 heterocycles. The summed E-state index contributed by atoms with van der Waals surface area (Å²) in [6.45, 7) is 2.96. The molecule has 0 saturated carbocycles. The number of nitrogens with zero attached hydrogens (tertiary/aromatic N) is 2. The number of halogens is 1. The number of para-hydroxylation sites is 1. The van der Waals surface area contributed by atoms with Gasteiger partial charge in [-0.2, -0.15) is 0 Å². The van der Waals surface area contributed by atoms with Crippen molar-refractivity contribution in [3.8, 4) is 0 Å². The van der Waals surface area contributed by atoms with Gasteiger partial charge in [0, 0.05) is 41.9 Å². The second-order valence-corrected chi connectivity index (χ2v) is 6.81. The van der Waals surface area contributed by atoms with Crippen LogP contribution in [0.15, 0.2) is 59.1 Å². The number of nitrogens with one attached hydrogen (secondary N) is 1. The van der Waals surface area contributed by atoms with Gasteiger partial charge < -0.3 is 15.1 Å². The maximum Gasteiger partial charge on any atom is 0.251 e. The second kappa shape index (κ2) is 8.16. The minimum Gasteiger partial charge on any atom is -0.368 e. The lowest BCUT2D eigenvalue weighted by molar-refractivity contribution is -0.130. The van der Waals surface area contributed by atoms with Crippen molar-refractivity contribution in [3.63, 3.8) is 0 Å².